The Bertz CT molecular complexity index is 1020. The summed E-state index contributed by atoms with van der Waals surface area (Å²) in [5.74, 6) is 2.40. The van der Waals surface area contributed by atoms with E-state index in [1.54, 1.807) is 14.2 Å². The number of hydrogen-bond acceptors (Lipinski definition) is 6. The lowest BCUT2D eigenvalue weighted by atomic mass is 10.2. The highest BCUT2D eigenvalue weighted by atomic mass is 32.2. The van der Waals surface area contributed by atoms with E-state index in [0.717, 1.165) is 34.4 Å². The monoisotopic (exact) mass is 426 g/mol. The molecular formula is C22H22N2O3S2. The van der Waals surface area contributed by atoms with Crippen LogP contribution >= 0.6 is 23.1 Å². The standard InChI is InChI=1S/C22H22N2O3S2/c1-26-16-7-8-18(27-2)15(13-16)14-23-22(25)20-9-10-21(29-20)24-11-12-28-19-6-4-3-5-17(19)24/h3-10,13H,11-12,14H2,1-2H3,(H,23,25). The molecule has 1 aliphatic rings. The van der Waals surface area contributed by atoms with Gasteiger partial charge >= 0.3 is 0 Å². The summed E-state index contributed by atoms with van der Waals surface area (Å²) in [7, 11) is 3.24. The van der Waals surface area contributed by atoms with Crippen molar-refractivity contribution in [2.45, 2.75) is 11.4 Å². The number of fused-ring (bicyclic) bond motifs is 1. The quantitative estimate of drug-likeness (QED) is 0.605. The first-order valence-electron chi connectivity index (χ1n) is 9.28. The molecule has 29 heavy (non-hydrogen) atoms. The smallest absolute Gasteiger partial charge is 0.261 e. The average molecular weight is 427 g/mol. The zero-order valence-corrected chi connectivity index (χ0v) is 17.9. The number of nitrogens with one attached hydrogen (secondary N) is 1. The molecule has 1 N–H and O–H groups in total. The molecular weight excluding hydrogens is 404 g/mol. The van der Waals surface area contributed by atoms with Crippen molar-refractivity contribution in [1.29, 1.82) is 0 Å². The fraction of sp³-hybridized carbons (Fsp3) is 0.227. The van der Waals surface area contributed by atoms with Crippen molar-refractivity contribution in [2.75, 3.05) is 31.4 Å². The minimum absolute atomic E-state index is 0.0919. The average Bonchev–Trinajstić information content (AvgIpc) is 3.27. The zero-order chi connectivity index (χ0) is 20.2. The van der Waals surface area contributed by atoms with Crippen LogP contribution in [0.5, 0.6) is 11.5 Å². The first kappa shape index (κ1) is 19.7. The SMILES string of the molecule is COc1ccc(OC)c(CNC(=O)c2ccc(N3CCSc4ccccc43)s2)c1. The maximum atomic E-state index is 12.7. The van der Waals surface area contributed by atoms with E-state index in [0.29, 0.717) is 11.4 Å². The number of rotatable bonds is 6. The normalized spacial score (nSPS) is 13.0. The van der Waals surface area contributed by atoms with Gasteiger partial charge in [0.15, 0.2) is 0 Å². The molecule has 0 aliphatic carbocycles. The third-order valence-electron chi connectivity index (χ3n) is 4.74. The number of anilines is 2. The largest absolute Gasteiger partial charge is 0.497 e. The van der Waals surface area contributed by atoms with E-state index in [-0.39, 0.29) is 5.91 Å². The Kier molecular flexibility index (Phi) is 5.97. The van der Waals surface area contributed by atoms with Crippen molar-refractivity contribution in [3.63, 3.8) is 0 Å². The third-order valence-corrected chi connectivity index (χ3v) is 6.89. The number of nitrogens with zero attached hydrogens (tertiary/aromatic N) is 1. The molecule has 2 heterocycles. The van der Waals surface area contributed by atoms with Gasteiger partial charge in [-0.25, -0.2) is 0 Å². The molecule has 5 nitrogen and oxygen atoms in total. The Hall–Kier alpha value is -2.64. The zero-order valence-electron chi connectivity index (χ0n) is 16.3. The summed E-state index contributed by atoms with van der Waals surface area (Å²) in [5.41, 5.74) is 2.08. The number of para-hydroxylation sites is 1. The first-order chi connectivity index (χ1) is 14.2. The number of amides is 1. The molecule has 1 aliphatic heterocycles. The van der Waals surface area contributed by atoms with Gasteiger partial charge in [0.2, 0.25) is 0 Å². The Labute approximate surface area is 178 Å². The molecule has 0 spiro atoms. The highest BCUT2D eigenvalue weighted by molar-refractivity contribution is 7.99. The Morgan fingerprint density at radius 2 is 1.97 bits per heavy atom. The summed E-state index contributed by atoms with van der Waals surface area (Å²) in [6.45, 7) is 1.31. The van der Waals surface area contributed by atoms with Crippen LogP contribution in [0.3, 0.4) is 0 Å². The molecule has 0 unspecified atom stereocenters. The van der Waals surface area contributed by atoms with Crippen molar-refractivity contribution in [3.8, 4) is 11.5 Å². The molecule has 0 saturated carbocycles. The number of ether oxygens (including phenoxy) is 2. The highest BCUT2D eigenvalue weighted by Crippen LogP contribution is 2.41. The predicted molar refractivity (Wildman–Crippen MR) is 119 cm³/mol. The first-order valence-corrected chi connectivity index (χ1v) is 11.1. The van der Waals surface area contributed by atoms with Crippen molar-refractivity contribution < 1.29 is 14.3 Å². The van der Waals surface area contributed by atoms with E-state index in [2.05, 4.69) is 34.5 Å². The van der Waals surface area contributed by atoms with E-state index < -0.39 is 0 Å². The van der Waals surface area contributed by atoms with Gasteiger partial charge in [-0.2, -0.15) is 0 Å². The minimum atomic E-state index is -0.0919. The van der Waals surface area contributed by atoms with Crippen molar-refractivity contribution in [2.24, 2.45) is 0 Å². The van der Waals surface area contributed by atoms with Gasteiger partial charge in [0.25, 0.3) is 5.91 Å². The maximum Gasteiger partial charge on any atom is 0.261 e. The second-order valence-corrected chi connectivity index (χ2v) is 8.67. The number of hydrogen-bond donors (Lipinski definition) is 1. The van der Waals surface area contributed by atoms with E-state index in [1.807, 2.05) is 42.1 Å². The molecule has 0 fully saturated rings. The van der Waals surface area contributed by atoms with Gasteiger partial charge in [0, 0.05) is 29.3 Å². The van der Waals surface area contributed by atoms with Crippen LogP contribution in [0.4, 0.5) is 10.7 Å². The molecule has 4 rings (SSSR count). The lowest BCUT2D eigenvalue weighted by Crippen LogP contribution is -2.23. The molecule has 0 radical (unpaired) electrons. The van der Waals surface area contributed by atoms with E-state index in [1.165, 1.54) is 21.9 Å². The van der Waals surface area contributed by atoms with Crippen LogP contribution in [0, 0.1) is 0 Å². The molecule has 7 heteroatoms. The van der Waals surface area contributed by atoms with Gasteiger partial charge in [-0.3, -0.25) is 4.79 Å². The van der Waals surface area contributed by atoms with Gasteiger partial charge in [-0.15, -0.1) is 23.1 Å². The minimum Gasteiger partial charge on any atom is -0.497 e. The molecule has 1 aromatic heterocycles. The van der Waals surface area contributed by atoms with Gasteiger partial charge in [-0.05, 0) is 42.5 Å². The lowest BCUT2D eigenvalue weighted by Gasteiger charge is -2.29. The van der Waals surface area contributed by atoms with Crippen LogP contribution in [0.2, 0.25) is 0 Å². The van der Waals surface area contributed by atoms with Gasteiger partial charge in [0.05, 0.1) is 29.8 Å². The number of thiophene rings is 1. The predicted octanol–water partition coefficient (Wildman–Crippen LogP) is 4.94. The fourth-order valence-electron chi connectivity index (χ4n) is 3.28. The number of thioether (sulfide) groups is 1. The lowest BCUT2D eigenvalue weighted by molar-refractivity contribution is 0.0954. The van der Waals surface area contributed by atoms with Crippen LogP contribution < -0.4 is 19.7 Å². The summed E-state index contributed by atoms with van der Waals surface area (Å²) >= 11 is 3.39. The molecule has 150 valence electrons. The molecule has 1 amide bonds. The van der Waals surface area contributed by atoms with Crippen LogP contribution in [-0.2, 0) is 6.54 Å². The van der Waals surface area contributed by atoms with E-state index >= 15 is 0 Å². The second kappa shape index (κ2) is 8.80. The second-order valence-electron chi connectivity index (χ2n) is 6.47. The third kappa shape index (κ3) is 4.21. The number of carbonyl (C=O) groups is 1. The fourth-order valence-corrected chi connectivity index (χ4v) is 5.23. The number of carbonyl (C=O) groups excluding carboxylic acids is 1. The topological polar surface area (TPSA) is 50.8 Å². The van der Waals surface area contributed by atoms with Gasteiger partial charge in [0.1, 0.15) is 11.5 Å². The molecule has 0 atom stereocenters. The summed E-state index contributed by atoms with van der Waals surface area (Å²) < 4.78 is 10.7. The van der Waals surface area contributed by atoms with Crippen LogP contribution in [-0.4, -0.2) is 32.4 Å². The number of benzene rings is 2. The van der Waals surface area contributed by atoms with Crippen molar-refractivity contribution in [3.05, 3.63) is 65.0 Å². The summed E-state index contributed by atoms with van der Waals surface area (Å²) in [4.78, 5) is 17.0. The number of methoxy groups -OCH3 is 2. The van der Waals surface area contributed by atoms with E-state index in [9.17, 15) is 4.79 Å². The summed E-state index contributed by atoms with van der Waals surface area (Å²) in [6, 6.07) is 17.9. The Morgan fingerprint density at radius 1 is 1.10 bits per heavy atom. The maximum absolute atomic E-state index is 12.7. The highest BCUT2D eigenvalue weighted by Gasteiger charge is 2.21. The summed E-state index contributed by atoms with van der Waals surface area (Å²) in [6.07, 6.45) is 0. The van der Waals surface area contributed by atoms with E-state index in [4.69, 9.17) is 9.47 Å². The molecule has 2 aromatic carbocycles. The summed E-state index contributed by atoms with van der Waals surface area (Å²) in [5, 5.41) is 4.08. The van der Waals surface area contributed by atoms with Crippen LogP contribution in [0.15, 0.2) is 59.5 Å². The van der Waals surface area contributed by atoms with Crippen LogP contribution in [0.25, 0.3) is 0 Å². The Balaban J connectivity index is 1.47. The van der Waals surface area contributed by atoms with Crippen LogP contribution in [0.1, 0.15) is 15.2 Å². The molecule has 3 aromatic rings. The molecule has 0 bridgehead atoms. The van der Waals surface area contributed by atoms with Gasteiger partial charge in [-0.1, -0.05) is 12.1 Å². The van der Waals surface area contributed by atoms with Crippen molar-refractivity contribution in [1.82, 2.24) is 5.32 Å². The Morgan fingerprint density at radius 3 is 2.79 bits per heavy atom. The van der Waals surface area contributed by atoms with Crippen molar-refractivity contribution >= 4 is 39.7 Å². The molecule has 0 saturated heterocycles. The van der Waals surface area contributed by atoms with Gasteiger partial charge < -0.3 is 19.7 Å².